The van der Waals surface area contributed by atoms with Crippen LogP contribution in [0.15, 0.2) is 12.4 Å². The summed E-state index contributed by atoms with van der Waals surface area (Å²) in [5.41, 5.74) is -0.527. The number of aromatic nitrogens is 2. The van der Waals surface area contributed by atoms with Crippen LogP contribution < -0.4 is 0 Å². The zero-order chi connectivity index (χ0) is 16.3. The number of amides is 2. The third-order valence-corrected chi connectivity index (χ3v) is 3.23. The Bertz CT molecular complexity index is 548. The van der Waals surface area contributed by atoms with E-state index in [9.17, 15) is 9.59 Å². The molecule has 0 saturated carbocycles. The fourth-order valence-corrected chi connectivity index (χ4v) is 2.08. The first kappa shape index (κ1) is 16.5. The van der Waals surface area contributed by atoms with Gasteiger partial charge in [-0.15, -0.1) is 0 Å². The Morgan fingerprint density at radius 1 is 1.09 bits per heavy atom. The Balaban J connectivity index is 1.90. The normalized spacial score (nSPS) is 15.6. The fourth-order valence-electron chi connectivity index (χ4n) is 1.98. The summed E-state index contributed by atoms with van der Waals surface area (Å²) in [4.78, 5) is 35.2. The van der Waals surface area contributed by atoms with E-state index in [0.29, 0.717) is 31.2 Å². The minimum absolute atomic E-state index is 0.107. The van der Waals surface area contributed by atoms with Gasteiger partial charge in [-0.25, -0.2) is 14.8 Å². The van der Waals surface area contributed by atoms with Crippen molar-refractivity contribution >= 4 is 23.6 Å². The predicted molar refractivity (Wildman–Crippen MR) is 80.8 cm³/mol. The Morgan fingerprint density at radius 2 is 1.59 bits per heavy atom. The molecule has 1 aromatic heterocycles. The van der Waals surface area contributed by atoms with E-state index in [1.165, 1.54) is 12.4 Å². The van der Waals surface area contributed by atoms with Gasteiger partial charge in [0.2, 0.25) is 5.82 Å². The zero-order valence-corrected chi connectivity index (χ0v) is 13.6. The highest BCUT2D eigenvalue weighted by Crippen LogP contribution is 2.13. The molecule has 22 heavy (non-hydrogen) atoms. The van der Waals surface area contributed by atoms with Crippen LogP contribution in [0.2, 0.25) is 5.02 Å². The van der Waals surface area contributed by atoms with Gasteiger partial charge in [0.1, 0.15) is 5.60 Å². The molecule has 7 nitrogen and oxygen atoms in total. The van der Waals surface area contributed by atoms with Crippen LogP contribution in [0.1, 0.15) is 31.4 Å². The molecule has 0 bridgehead atoms. The smallest absolute Gasteiger partial charge is 0.410 e. The lowest BCUT2D eigenvalue weighted by atomic mass is 10.2. The maximum absolute atomic E-state index is 12.2. The minimum atomic E-state index is -0.527. The second kappa shape index (κ2) is 6.48. The standard InChI is InChI=1S/C14H19ClN4O3/c1-14(2,3)22-13(21)19-6-4-18(5-7-19)12(20)11-16-8-10(15)9-17-11/h8-9H,4-7H2,1-3H3. The third kappa shape index (κ3) is 4.30. The maximum Gasteiger partial charge on any atom is 0.410 e. The predicted octanol–water partition coefficient (Wildman–Crippen LogP) is 1.82. The van der Waals surface area contributed by atoms with Gasteiger partial charge in [-0.2, -0.15) is 0 Å². The maximum atomic E-state index is 12.2. The average Bonchev–Trinajstić information content (AvgIpc) is 2.46. The van der Waals surface area contributed by atoms with E-state index >= 15 is 0 Å². The molecular weight excluding hydrogens is 308 g/mol. The van der Waals surface area contributed by atoms with Crippen molar-refractivity contribution < 1.29 is 14.3 Å². The molecule has 1 aromatic rings. The number of rotatable bonds is 1. The molecule has 0 N–H and O–H groups in total. The molecule has 0 unspecified atom stereocenters. The molecule has 1 fully saturated rings. The van der Waals surface area contributed by atoms with Crippen LogP contribution in [0, 0.1) is 0 Å². The monoisotopic (exact) mass is 326 g/mol. The molecule has 0 atom stereocenters. The van der Waals surface area contributed by atoms with Gasteiger partial charge in [-0.05, 0) is 20.8 Å². The van der Waals surface area contributed by atoms with E-state index in [1.54, 1.807) is 9.80 Å². The van der Waals surface area contributed by atoms with Crippen molar-refractivity contribution in [3.8, 4) is 0 Å². The Labute approximate surface area is 134 Å². The third-order valence-electron chi connectivity index (χ3n) is 3.03. The van der Waals surface area contributed by atoms with Crippen LogP contribution >= 0.6 is 11.6 Å². The second-order valence-electron chi connectivity index (χ2n) is 5.98. The van der Waals surface area contributed by atoms with Gasteiger partial charge >= 0.3 is 6.09 Å². The van der Waals surface area contributed by atoms with Crippen molar-refractivity contribution in [3.63, 3.8) is 0 Å². The SMILES string of the molecule is CC(C)(C)OC(=O)N1CCN(C(=O)c2ncc(Cl)cn2)CC1. The molecule has 2 rings (SSSR count). The van der Waals surface area contributed by atoms with Crippen LogP contribution in [0.25, 0.3) is 0 Å². The molecule has 0 radical (unpaired) electrons. The average molecular weight is 327 g/mol. The van der Waals surface area contributed by atoms with Gasteiger partial charge in [-0.1, -0.05) is 11.6 Å². The zero-order valence-electron chi connectivity index (χ0n) is 12.9. The molecule has 2 heterocycles. The summed E-state index contributed by atoms with van der Waals surface area (Å²) in [6.45, 7) is 7.16. The Kier molecular flexibility index (Phi) is 4.85. The Hall–Kier alpha value is -1.89. The van der Waals surface area contributed by atoms with E-state index in [1.807, 2.05) is 20.8 Å². The highest BCUT2D eigenvalue weighted by atomic mass is 35.5. The lowest BCUT2D eigenvalue weighted by Crippen LogP contribution is -2.51. The fraction of sp³-hybridized carbons (Fsp3) is 0.571. The van der Waals surface area contributed by atoms with Gasteiger partial charge in [0.05, 0.1) is 5.02 Å². The number of halogens is 1. The first-order valence-corrected chi connectivity index (χ1v) is 7.39. The molecular formula is C14H19ClN4O3. The van der Waals surface area contributed by atoms with Crippen molar-refractivity contribution in [2.45, 2.75) is 26.4 Å². The van der Waals surface area contributed by atoms with Gasteiger partial charge in [0.25, 0.3) is 5.91 Å². The van der Waals surface area contributed by atoms with E-state index in [4.69, 9.17) is 16.3 Å². The van der Waals surface area contributed by atoms with Gasteiger partial charge < -0.3 is 14.5 Å². The first-order valence-electron chi connectivity index (χ1n) is 7.01. The summed E-state index contributed by atoms with van der Waals surface area (Å²) in [5, 5.41) is 0.381. The van der Waals surface area contributed by atoms with Crippen molar-refractivity contribution in [1.82, 2.24) is 19.8 Å². The number of nitrogens with zero attached hydrogens (tertiary/aromatic N) is 4. The number of carbonyl (C=O) groups is 2. The van der Waals surface area contributed by atoms with Crippen molar-refractivity contribution in [2.24, 2.45) is 0 Å². The summed E-state index contributed by atoms with van der Waals surface area (Å²) in [5.74, 6) is -0.157. The van der Waals surface area contributed by atoms with Crippen LogP contribution in [-0.4, -0.2) is 63.5 Å². The molecule has 8 heteroatoms. The topological polar surface area (TPSA) is 75.6 Å². The molecule has 0 spiro atoms. The van der Waals surface area contributed by atoms with Crippen molar-refractivity contribution in [1.29, 1.82) is 0 Å². The van der Waals surface area contributed by atoms with Crippen LogP contribution in [0.4, 0.5) is 4.79 Å². The number of hydrogen-bond donors (Lipinski definition) is 0. The number of piperazine rings is 1. The van der Waals surface area contributed by atoms with Gasteiger partial charge in [-0.3, -0.25) is 4.79 Å². The number of hydrogen-bond acceptors (Lipinski definition) is 5. The largest absolute Gasteiger partial charge is 0.444 e. The Morgan fingerprint density at radius 3 is 2.09 bits per heavy atom. The van der Waals surface area contributed by atoms with Crippen LogP contribution in [0.3, 0.4) is 0 Å². The van der Waals surface area contributed by atoms with Crippen molar-refractivity contribution in [3.05, 3.63) is 23.2 Å². The quantitative estimate of drug-likeness (QED) is 0.787. The summed E-state index contributed by atoms with van der Waals surface area (Å²) < 4.78 is 5.31. The van der Waals surface area contributed by atoms with Gasteiger partial charge in [0, 0.05) is 38.6 Å². The summed E-state index contributed by atoms with van der Waals surface area (Å²) in [6, 6.07) is 0. The number of ether oxygens (including phenoxy) is 1. The molecule has 2 amide bonds. The van der Waals surface area contributed by atoms with Crippen molar-refractivity contribution in [2.75, 3.05) is 26.2 Å². The van der Waals surface area contributed by atoms with Crippen LogP contribution in [-0.2, 0) is 4.74 Å². The molecule has 0 aromatic carbocycles. The lowest BCUT2D eigenvalue weighted by molar-refractivity contribution is 0.0139. The molecule has 1 aliphatic rings. The highest BCUT2D eigenvalue weighted by molar-refractivity contribution is 6.30. The summed E-state index contributed by atoms with van der Waals surface area (Å²) in [6.07, 6.45) is 2.42. The van der Waals surface area contributed by atoms with Gasteiger partial charge in [0.15, 0.2) is 0 Å². The lowest BCUT2D eigenvalue weighted by Gasteiger charge is -2.35. The first-order chi connectivity index (χ1) is 10.3. The van der Waals surface area contributed by atoms with Crippen LogP contribution in [0.5, 0.6) is 0 Å². The minimum Gasteiger partial charge on any atom is -0.444 e. The summed E-state index contributed by atoms with van der Waals surface area (Å²) >= 11 is 5.70. The molecule has 1 aliphatic heterocycles. The number of carbonyl (C=O) groups excluding carboxylic acids is 2. The molecule has 1 saturated heterocycles. The van der Waals surface area contributed by atoms with E-state index in [0.717, 1.165) is 0 Å². The van der Waals surface area contributed by atoms with E-state index < -0.39 is 5.60 Å². The van der Waals surface area contributed by atoms with E-state index in [2.05, 4.69) is 9.97 Å². The highest BCUT2D eigenvalue weighted by Gasteiger charge is 2.28. The summed E-state index contributed by atoms with van der Waals surface area (Å²) in [7, 11) is 0. The van der Waals surface area contributed by atoms with E-state index in [-0.39, 0.29) is 17.8 Å². The molecule has 120 valence electrons. The second-order valence-corrected chi connectivity index (χ2v) is 6.42. The molecule has 0 aliphatic carbocycles.